The maximum absolute atomic E-state index is 12.9. The summed E-state index contributed by atoms with van der Waals surface area (Å²) in [6.07, 6.45) is 0. The molecule has 0 N–H and O–H groups in total. The lowest BCUT2D eigenvalue weighted by molar-refractivity contribution is 0.226. The van der Waals surface area contributed by atoms with Crippen LogP contribution in [0.2, 0.25) is 6.82 Å². The number of diazo groups is 1. The summed E-state index contributed by atoms with van der Waals surface area (Å²) in [5, 5.41) is 8.65. The van der Waals surface area contributed by atoms with Crippen molar-refractivity contribution in [3.63, 3.8) is 0 Å². The maximum Gasteiger partial charge on any atom is 0.453 e. The molecule has 0 bridgehead atoms. The van der Waals surface area contributed by atoms with E-state index in [1.165, 1.54) is 25.3 Å². The van der Waals surface area contributed by atoms with E-state index in [9.17, 15) is 4.39 Å². The highest BCUT2D eigenvalue weighted by Gasteiger charge is 2.16. The van der Waals surface area contributed by atoms with Gasteiger partial charge < -0.3 is 9.31 Å². The van der Waals surface area contributed by atoms with Crippen molar-refractivity contribution in [1.29, 1.82) is 5.39 Å². The van der Waals surface area contributed by atoms with Gasteiger partial charge in [-0.25, -0.2) is 4.39 Å². The van der Waals surface area contributed by atoms with Crippen LogP contribution >= 0.6 is 0 Å². The van der Waals surface area contributed by atoms with Gasteiger partial charge in [0.25, 0.3) is 0 Å². The lowest BCUT2D eigenvalue weighted by Crippen LogP contribution is -2.15. The Morgan fingerprint density at radius 2 is 2.27 bits per heavy atom. The van der Waals surface area contributed by atoms with Crippen molar-refractivity contribution in [2.75, 3.05) is 7.11 Å². The van der Waals surface area contributed by atoms with Crippen molar-refractivity contribution in [1.82, 2.24) is 0 Å². The molecule has 15 heavy (non-hydrogen) atoms. The van der Waals surface area contributed by atoms with Crippen LogP contribution in [-0.4, -0.2) is 14.2 Å². The molecule has 0 atom stereocenters. The minimum absolute atomic E-state index is 0.131. The van der Waals surface area contributed by atoms with Crippen molar-refractivity contribution in [3.8, 4) is 0 Å². The number of nitrogens with zero attached hydrogens (tertiary/aromatic N) is 2. The molecule has 0 fully saturated rings. The summed E-state index contributed by atoms with van der Waals surface area (Å²) in [7, 11) is 1.12. The first-order valence-corrected chi connectivity index (χ1v) is 4.45. The summed E-state index contributed by atoms with van der Waals surface area (Å²) in [4.78, 5) is 3.03. The minimum Gasteiger partial charge on any atom is -0.414 e. The van der Waals surface area contributed by atoms with Gasteiger partial charge in [-0.15, -0.1) is 0 Å². The molecule has 0 radical (unpaired) electrons. The SMILES string of the molecule is COB(C)OCc1cc(F)ccc1[N+]#N. The van der Waals surface area contributed by atoms with Crippen molar-refractivity contribution in [2.45, 2.75) is 13.4 Å². The lowest BCUT2D eigenvalue weighted by Gasteiger charge is -2.05. The van der Waals surface area contributed by atoms with E-state index in [-0.39, 0.29) is 13.7 Å². The van der Waals surface area contributed by atoms with Crippen LogP contribution < -0.4 is 0 Å². The molecule has 0 aliphatic rings. The summed E-state index contributed by atoms with van der Waals surface area (Å²) >= 11 is 0. The Hall–Kier alpha value is -1.45. The van der Waals surface area contributed by atoms with Gasteiger partial charge >= 0.3 is 12.8 Å². The molecule has 0 unspecified atom stereocenters. The maximum atomic E-state index is 12.9. The standard InChI is InChI=1S/C9H11BFN2O2/c1-10(14-2)15-6-7-5-8(11)3-4-9(7)13-12/h3-5H,6H2,1-2H3/q+1. The van der Waals surface area contributed by atoms with Crippen LogP contribution in [0, 0.1) is 11.2 Å². The van der Waals surface area contributed by atoms with Crippen molar-refractivity contribution >= 4 is 12.8 Å². The highest BCUT2D eigenvalue weighted by molar-refractivity contribution is 6.42. The third-order valence-electron chi connectivity index (χ3n) is 1.95. The second kappa shape index (κ2) is 5.44. The summed E-state index contributed by atoms with van der Waals surface area (Å²) in [6, 6.07) is 3.86. The van der Waals surface area contributed by atoms with E-state index in [1.54, 1.807) is 6.82 Å². The Morgan fingerprint density at radius 3 is 2.87 bits per heavy atom. The van der Waals surface area contributed by atoms with Gasteiger partial charge in [0.05, 0.1) is 12.2 Å². The summed E-state index contributed by atoms with van der Waals surface area (Å²) < 4.78 is 23.0. The number of hydrogen-bond acceptors (Lipinski definition) is 3. The molecule has 4 nitrogen and oxygen atoms in total. The first-order chi connectivity index (χ1) is 7.17. The molecule has 1 aromatic carbocycles. The first kappa shape index (κ1) is 11.6. The fraction of sp³-hybridized carbons (Fsp3) is 0.333. The summed E-state index contributed by atoms with van der Waals surface area (Å²) in [5.41, 5.74) is 0.765. The van der Waals surface area contributed by atoms with Gasteiger partial charge in [0.1, 0.15) is 5.82 Å². The predicted molar refractivity (Wildman–Crippen MR) is 54.6 cm³/mol. The van der Waals surface area contributed by atoms with E-state index in [2.05, 4.69) is 4.98 Å². The van der Waals surface area contributed by atoms with E-state index in [4.69, 9.17) is 14.7 Å². The second-order valence-corrected chi connectivity index (χ2v) is 2.99. The minimum atomic E-state index is -0.397. The number of hydrogen-bond donors (Lipinski definition) is 0. The smallest absolute Gasteiger partial charge is 0.414 e. The van der Waals surface area contributed by atoms with Gasteiger partial charge in [-0.1, -0.05) is 0 Å². The van der Waals surface area contributed by atoms with E-state index in [0.717, 1.165) is 0 Å². The van der Waals surface area contributed by atoms with Crippen LogP contribution in [0.1, 0.15) is 5.56 Å². The molecule has 0 amide bonds. The first-order valence-electron chi connectivity index (χ1n) is 4.45. The summed E-state index contributed by atoms with van der Waals surface area (Å²) in [5.74, 6) is -0.397. The molecule has 0 aliphatic carbocycles. The highest BCUT2D eigenvalue weighted by Crippen LogP contribution is 2.21. The zero-order valence-electron chi connectivity index (χ0n) is 8.61. The van der Waals surface area contributed by atoms with Crippen LogP contribution in [0.3, 0.4) is 0 Å². The monoisotopic (exact) mass is 209 g/mol. The molecule has 78 valence electrons. The zero-order valence-corrected chi connectivity index (χ0v) is 8.61. The Kier molecular flexibility index (Phi) is 4.22. The van der Waals surface area contributed by atoms with Gasteiger partial charge in [0.2, 0.25) is 5.39 Å². The van der Waals surface area contributed by atoms with Crippen LogP contribution in [0.15, 0.2) is 18.2 Å². The van der Waals surface area contributed by atoms with Crippen LogP contribution in [-0.2, 0) is 15.9 Å². The predicted octanol–water partition coefficient (Wildman–Crippen LogP) is 2.59. The molecular weight excluding hydrogens is 198 g/mol. The molecule has 0 spiro atoms. The molecule has 0 aromatic heterocycles. The van der Waals surface area contributed by atoms with E-state index >= 15 is 0 Å². The molecule has 6 heteroatoms. The molecule has 0 aliphatic heterocycles. The molecule has 1 aromatic rings. The highest BCUT2D eigenvalue weighted by atomic mass is 19.1. The Balaban J connectivity index is 2.75. The molecule has 0 heterocycles. The molecule has 0 saturated carbocycles. The van der Waals surface area contributed by atoms with Crippen LogP contribution in [0.25, 0.3) is 4.98 Å². The van der Waals surface area contributed by atoms with Crippen molar-refractivity contribution in [2.24, 2.45) is 0 Å². The number of rotatable bonds is 4. The third kappa shape index (κ3) is 3.31. The van der Waals surface area contributed by atoms with Gasteiger partial charge in [-0.2, -0.15) is 0 Å². The van der Waals surface area contributed by atoms with Gasteiger partial charge in [-0.05, 0) is 19.0 Å². The fourth-order valence-corrected chi connectivity index (χ4v) is 1.04. The Bertz CT molecular complexity index is 381. The fourth-order valence-electron chi connectivity index (χ4n) is 1.04. The van der Waals surface area contributed by atoms with Crippen LogP contribution in [0.5, 0.6) is 0 Å². The van der Waals surface area contributed by atoms with Crippen LogP contribution in [0.4, 0.5) is 10.1 Å². The average molecular weight is 209 g/mol. The largest absolute Gasteiger partial charge is 0.453 e. The van der Waals surface area contributed by atoms with E-state index in [1.807, 2.05) is 0 Å². The van der Waals surface area contributed by atoms with Gasteiger partial charge in [-0.3, -0.25) is 0 Å². The molecule has 0 saturated heterocycles. The average Bonchev–Trinajstić information content (AvgIpc) is 2.26. The Morgan fingerprint density at radius 1 is 1.53 bits per heavy atom. The topological polar surface area (TPSA) is 46.6 Å². The number of halogens is 1. The van der Waals surface area contributed by atoms with Crippen molar-refractivity contribution in [3.05, 3.63) is 34.6 Å². The van der Waals surface area contributed by atoms with Crippen molar-refractivity contribution < 1.29 is 13.7 Å². The molecule has 1 rings (SSSR count). The van der Waals surface area contributed by atoms with E-state index in [0.29, 0.717) is 11.3 Å². The Labute approximate surface area is 87.8 Å². The molecular formula is C9H11BFN2O2+. The quantitative estimate of drug-likeness (QED) is 0.565. The normalized spacial score (nSPS) is 9.73. The lowest BCUT2D eigenvalue weighted by atomic mass is 9.95. The van der Waals surface area contributed by atoms with Gasteiger partial charge in [0, 0.05) is 13.2 Å². The summed E-state index contributed by atoms with van der Waals surface area (Å²) in [6.45, 7) is 1.85. The van der Waals surface area contributed by atoms with E-state index < -0.39 is 5.82 Å². The number of benzene rings is 1. The second-order valence-electron chi connectivity index (χ2n) is 2.99. The third-order valence-corrected chi connectivity index (χ3v) is 1.95. The van der Waals surface area contributed by atoms with Gasteiger partial charge in [0.15, 0.2) is 4.98 Å². The zero-order chi connectivity index (χ0) is 11.3.